The van der Waals surface area contributed by atoms with Crippen LogP contribution in [0.2, 0.25) is 0 Å². The Balaban J connectivity index is 1.56. The lowest BCUT2D eigenvalue weighted by Crippen LogP contribution is -2.13. The SMILES string of the molecule is COCc1nc2ccccc2c(C)c1C(=O)OCc1ccc(-n2cccn2)cc1. The van der Waals surface area contributed by atoms with Gasteiger partial charge in [0.05, 0.1) is 29.1 Å². The largest absolute Gasteiger partial charge is 0.457 e. The maximum absolute atomic E-state index is 12.9. The molecule has 2 heterocycles. The molecule has 0 bridgehead atoms. The second-order valence-electron chi connectivity index (χ2n) is 6.70. The van der Waals surface area contributed by atoms with E-state index in [9.17, 15) is 4.79 Å². The molecule has 0 radical (unpaired) electrons. The molecule has 0 spiro atoms. The van der Waals surface area contributed by atoms with Gasteiger partial charge in [-0.2, -0.15) is 5.10 Å². The van der Waals surface area contributed by atoms with E-state index < -0.39 is 5.97 Å². The third-order valence-corrected chi connectivity index (χ3v) is 4.79. The van der Waals surface area contributed by atoms with Crippen LogP contribution in [0.3, 0.4) is 0 Å². The predicted molar refractivity (Wildman–Crippen MR) is 110 cm³/mol. The van der Waals surface area contributed by atoms with Gasteiger partial charge in [-0.1, -0.05) is 30.3 Å². The van der Waals surface area contributed by atoms with Crippen LogP contribution in [-0.4, -0.2) is 27.8 Å². The molecule has 0 fully saturated rings. The number of nitrogens with zero attached hydrogens (tertiary/aromatic N) is 3. The molecule has 0 amide bonds. The van der Waals surface area contributed by atoms with Gasteiger partial charge in [-0.05, 0) is 42.3 Å². The third-order valence-electron chi connectivity index (χ3n) is 4.79. The normalized spacial score (nSPS) is 11.0. The Morgan fingerprint density at radius 3 is 2.55 bits per heavy atom. The van der Waals surface area contributed by atoms with Crippen LogP contribution >= 0.6 is 0 Å². The van der Waals surface area contributed by atoms with Crippen molar-refractivity contribution in [2.75, 3.05) is 7.11 Å². The Kier molecular flexibility index (Phi) is 5.35. The van der Waals surface area contributed by atoms with Crippen molar-refractivity contribution in [1.29, 1.82) is 0 Å². The first kappa shape index (κ1) is 18.8. The van der Waals surface area contributed by atoms with Gasteiger partial charge >= 0.3 is 5.97 Å². The number of para-hydroxylation sites is 1. The molecular weight excluding hydrogens is 366 g/mol. The molecule has 4 aromatic rings. The van der Waals surface area contributed by atoms with Gasteiger partial charge in [-0.15, -0.1) is 0 Å². The number of aryl methyl sites for hydroxylation is 1. The summed E-state index contributed by atoms with van der Waals surface area (Å²) in [6.45, 7) is 2.34. The molecule has 0 unspecified atom stereocenters. The minimum absolute atomic E-state index is 0.177. The highest BCUT2D eigenvalue weighted by atomic mass is 16.5. The van der Waals surface area contributed by atoms with Gasteiger partial charge < -0.3 is 9.47 Å². The molecule has 4 rings (SSSR count). The fourth-order valence-corrected chi connectivity index (χ4v) is 3.34. The summed E-state index contributed by atoms with van der Waals surface area (Å²) in [5, 5.41) is 5.14. The second kappa shape index (κ2) is 8.24. The van der Waals surface area contributed by atoms with Crippen molar-refractivity contribution >= 4 is 16.9 Å². The maximum atomic E-state index is 12.9. The van der Waals surface area contributed by atoms with Crippen LogP contribution in [0.4, 0.5) is 0 Å². The first-order chi connectivity index (χ1) is 14.2. The van der Waals surface area contributed by atoms with Crippen LogP contribution in [0, 0.1) is 6.92 Å². The van der Waals surface area contributed by atoms with Crippen LogP contribution in [-0.2, 0) is 22.7 Å². The molecule has 6 nitrogen and oxygen atoms in total. The number of methoxy groups -OCH3 is 1. The number of aromatic nitrogens is 3. The summed E-state index contributed by atoms with van der Waals surface area (Å²) in [7, 11) is 1.59. The van der Waals surface area contributed by atoms with E-state index in [0.29, 0.717) is 11.3 Å². The van der Waals surface area contributed by atoms with Crippen LogP contribution in [0.25, 0.3) is 16.6 Å². The Morgan fingerprint density at radius 1 is 1.03 bits per heavy atom. The number of carbonyl (C=O) groups excluding carboxylic acids is 1. The zero-order valence-electron chi connectivity index (χ0n) is 16.3. The highest BCUT2D eigenvalue weighted by molar-refractivity contribution is 5.98. The number of benzene rings is 2. The number of esters is 1. The van der Waals surface area contributed by atoms with Crippen molar-refractivity contribution in [3.05, 3.63) is 89.4 Å². The quantitative estimate of drug-likeness (QED) is 0.463. The summed E-state index contributed by atoms with van der Waals surface area (Å²) in [5.41, 5.74) is 4.59. The Labute approximate surface area is 168 Å². The van der Waals surface area contributed by atoms with E-state index in [4.69, 9.17) is 9.47 Å². The van der Waals surface area contributed by atoms with E-state index in [1.165, 1.54) is 0 Å². The Bertz CT molecular complexity index is 1140. The molecule has 0 aliphatic rings. The summed E-state index contributed by atoms with van der Waals surface area (Å²) >= 11 is 0. The van der Waals surface area contributed by atoms with Gasteiger partial charge in [0.25, 0.3) is 0 Å². The van der Waals surface area contributed by atoms with Crippen LogP contribution < -0.4 is 0 Å². The van der Waals surface area contributed by atoms with Gasteiger partial charge in [0.2, 0.25) is 0 Å². The van der Waals surface area contributed by atoms with E-state index in [2.05, 4.69) is 10.1 Å². The molecule has 0 aliphatic heterocycles. The first-order valence-corrected chi connectivity index (χ1v) is 9.30. The van der Waals surface area contributed by atoms with Crippen LogP contribution in [0.15, 0.2) is 67.0 Å². The molecule has 29 heavy (non-hydrogen) atoms. The topological polar surface area (TPSA) is 66.2 Å². The molecule has 0 N–H and O–H groups in total. The monoisotopic (exact) mass is 387 g/mol. The second-order valence-corrected chi connectivity index (χ2v) is 6.70. The summed E-state index contributed by atoms with van der Waals surface area (Å²) < 4.78 is 12.6. The Morgan fingerprint density at radius 2 is 1.83 bits per heavy atom. The molecule has 2 aromatic heterocycles. The maximum Gasteiger partial charge on any atom is 0.340 e. The van der Waals surface area contributed by atoms with Crippen LogP contribution in [0.1, 0.15) is 27.2 Å². The number of ether oxygens (including phenoxy) is 2. The van der Waals surface area contributed by atoms with Gasteiger partial charge in [0.15, 0.2) is 0 Å². The third kappa shape index (κ3) is 3.88. The van der Waals surface area contributed by atoms with Crippen molar-refractivity contribution < 1.29 is 14.3 Å². The smallest absolute Gasteiger partial charge is 0.340 e. The highest BCUT2D eigenvalue weighted by Crippen LogP contribution is 2.24. The van der Waals surface area contributed by atoms with E-state index in [-0.39, 0.29) is 13.2 Å². The van der Waals surface area contributed by atoms with Gasteiger partial charge in [0, 0.05) is 24.9 Å². The van der Waals surface area contributed by atoms with E-state index in [0.717, 1.165) is 27.7 Å². The number of hydrogen-bond acceptors (Lipinski definition) is 5. The zero-order valence-corrected chi connectivity index (χ0v) is 16.3. The molecule has 0 aliphatic carbocycles. The number of pyridine rings is 1. The standard InChI is InChI=1S/C23H21N3O3/c1-16-19-6-3-4-7-20(19)25-21(15-28-2)22(16)23(27)29-14-17-8-10-18(11-9-17)26-13-5-12-24-26/h3-13H,14-15H2,1-2H3. The minimum atomic E-state index is -0.399. The minimum Gasteiger partial charge on any atom is -0.457 e. The van der Waals surface area contributed by atoms with Gasteiger partial charge in [-0.3, -0.25) is 0 Å². The van der Waals surface area contributed by atoms with Crippen LogP contribution in [0.5, 0.6) is 0 Å². The lowest BCUT2D eigenvalue weighted by atomic mass is 10.0. The van der Waals surface area contributed by atoms with Gasteiger partial charge in [0.1, 0.15) is 6.61 Å². The summed E-state index contributed by atoms with van der Waals surface area (Å²) in [6, 6.07) is 17.3. The molecule has 146 valence electrons. The highest BCUT2D eigenvalue weighted by Gasteiger charge is 2.20. The lowest BCUT2D eigenvalue weighted by molar-refractivity contribution is 0.0466. The number of fused-ring (bicyclic) bond motifs is 1. The molecule has 2 aromatic carbocycles. The van der Waals surface area contributed by atoms with E-state index in [1.807, 2.05) is 67.7 Å². The fraction of sp³-hybridized carbons (Fsp3) is 0.174. The van der Waals surface area contributed by atoms with E-state index >= 15 is 0 Å². The molecule has 0 saturated heterocycles. The summed E-state index contributed by atoms with van der Waals surface area (Å²) in [4.78, 5) is 17.5. The van der Waals surface area contributed by atoms with Crippen molar-refractivity contribution in [2.45, 2.75) is 20.1 Å². The molecule has 0 saturated carbocycles. The number of rotatable bonds is 6. The lowest BCUT2D eigenvalue weighted by Gasteiger charge is -2.14. The molecule has 6 heteroatoms. The zero-order chi connectivity index (χ0) is 20.2. The summed E-state index contributed by atoms with van der Waals surface area (Å²) in [5.74, 6) is -0.399. The van der Waals surface area contributed by atoms with Gasteiger partial charge in [-0.25, -0.2) is 14.5 Å². The average molecular weight is 387 g/mol. The summed E-state index contributed by atoms with van der Waals surface area (Å²) in [6.07, 6.45) is 3.61. The van der Waals surface area contributed by atoms with Crippen molar-refractivity contribution in [1.82, 2.24) is 14.8 Å². The predicted octanol–water partition coefficient (Wildman–Crippen LogP) is 4.23. The first-order valence-electron chi connectivity index (χ1n) is 9.30. The van der Waals surface area contributed by atoms with E-state index in [1.54, 1.807) is 18.0 Å². The molecular formula is C23H21N3O3. The number of carbonyl (C=O) groups is 1. The molecule has 0 atom stereocenters. The van der Waals surface area contributed by atoms with Crippen molar-refractivity contribution in [3.8, 4) is 5.69 Å². The number of hydrogen-bond donors (Lipinski definition) is 0. The van der Waals surface area contributed by atoms with Crippen molar-refractivity contribution in [2.24, 2.45) is 0 Å². The average Bonchev–Trinajstić information content (AvgIpc) is 3.28. The Hall–Kier alpha value is -3.51. The fourth-order valence-electron chi connectivity index (χ4n) is 3.34. The van der Waals surface area contributed by atoms with Crippen molar-refractivity contribution in [3.63, 3.8) is 0 Å².